The number of benzene rings is 1. The molecular formula is C12H14FN3O. The van der Waals surface area contributed by atoms with Crippen molar-refractivity contribution in [2.24, 2.45) is 0 Å². The Morgan fingerprint density at radius 3 is 2.65 bits per heavy atom. The lowest BCUT2D eigenvalue weighted by Crippen LogP contribution is -2.35. The summed E-state index contributed by atoms with van der Waals surface area (Å²) in [6.07, 6.45) is 0. The summed E-state index contributed by atoms with van der Waals surface area (Å²) in [4.78, 5) is 13.2. The molecular weight excluding hydrogens is 221 g/mol. The van der Waals surface area contributed by atoms with Crippen molar-refractivity contribution in [1.29, 1.82) is 5.26 Å². The van der Waals surface area contributed by atoms with Crippen LogP contribution in [0.4, 0.5) is 10.1 Å². The molecule has 1 aromatic rings. The van der Waals surface area contributed by atoms with Gasteiger partial charge in [0.1, 0.15) is 5.82 Å². The van der Waals surface area contributed by atoms with Gasteiger partial charge in [-0.1, -0.05) is 0 Å². The van der Waals surface area contributed by atoms with Gasteiger partial charge in [-0.2, -0.15) is 5.26 Å². The topological polar surface area (TPSA) is 56.1 Å². The van der Waals surface area contributed by atoms with E-state index in [2.05, 4.69) is 5.32 Å². The molecule has 1 atom stereocenters. The highest BCUT2D eigenvalue weighted by Crippen LogP contribution is 2.08. The van der Waals surface area contributed by atoms with Crippen LogP contribution in [0.5, 0.6) is 0 Å². The summed E-state index contributed by atoms with van der Waals surface area (Å²) in [5.41, 5.74) is 0.536. The SMILES string of the molecule is C[C@H](C#N)N(C)CC(=O)Nc1ccc(F)cc1. The van der Waals surface area contributed by atoms with Gasteiger partial charge in [0.15, 0.2) is 0 Å². The Labute approximate surface area is 99.7 Å². The number of carbonyl (C=O) groups is 1. The third-order valence-corrected chi connectivity index (χ3v) is 2.37. The van der Waals surface area contributed by atoms with Crippen molar-refractivity contribution in [3.05, 3.63) is 30.1 Å². The molecule has 0 saturated heterocycles. The maximum atomic E-state index is 12.6. The van der Waals surface area contributed by atoms with Crippen molar-refractivity contribution in [1.82, 2.24) is 4.90 Å². The first-order valence-electron chi connectivity index (χ1n) is 5.18. The highest BCUT2D eigenvalue weighted by atomic mass is 19.1. The van der Waals surface area contributed by atoms with Gasteiger partial charge >= 0.3 is 0 Å². The van der Waals surface area contributed by atoms with Gasteiger partial charge in [0, 0.05) is 5.69 Å². The molecule has 0 aliphatic carbocycles. The van der Waals surface area contributed by atoms with Crippen LogP contribution in [0.25, 0.3) is 0 Å². The molecule has 0 aromatic heterocycles. The number of anilines is 1. The molecule has 0 aliphatic rings. The van der Waals surface area contributed by atoms with Crippen LogP contribution < -0.4 is 5.32 Å². The van der Waals surface area contributed by atoms with Crippen LogP contribution in [0, 0.1) is 17.1 Å². The molecule has 1 rings (SSSR count). The first-order valence-corrected chi connectivity index (χ1v) is 5.18. The zero-order chi connectivity index (χ0) is 12.8. The lowest BCUT2D eigenvalue weighted by atomic mass is 10.3. The van der Waals surface area contributed by atoms with Gasteiger partial charge in [0.25, 0.3) is 0 Å². The van der Waals surface area contributed by atoms with Crippen molar-refractivity contribution >= 4 is 11.6 Å². The predicted molar refractivity (Wildman–Crippen MR) is 62.7 cm³/mol. The van der Waals surface area contributed by atoms with Crippen LogP contribution in [-0.4, -0.2) is 30.4 Å². The Hall–Kier alpha value is -1.93. The van der Waals surface area contributed by atoms with Crippen molar-refractivity contribution in [3.8, 4) is 6.07 Å². The molecule has 0 fully saturated rings. The number of likely N-dealkylation sites (N-methyl/N-ethyl adjacent to an activating group) is 1. The van der Waals surface area contributed by atoms with Crippen LogP contribution in [0.15, 0.2) is 24.3 Å². The van der Waals surface area contributed by atoms with E-state index < -0.39 is 0 Å². The largest absolute Gasteiger partial charge is 0.325 e. The van der Waals surface area contributed by atoms with Crippen LogP contribution in [0.2, 0.25) is 0 Å². The van der Waals surface area contributed by atoms with Crippen molar-refractivity contribution in [2.75, 3.05) is 18.9 Å². The molecule has 0 aliphatic heterocycles. The average Bonchev–Trinajstić information content (AvgIpc) is 2.30. The van der Waals surface area contributed by atoms with Gasteiger partial charge in [-0.15, -0.1) is 0 Å². The van der Waals surface area contributed by atoms with Gasteiger partial charge in [-0.05, 0) is 38.2 Å². The molecule has 90 valence electrons. The van der Waals surface area contributed by atoms with Crippen molar-refractivity contribution < 1.29 is 9.18 Å². The molecule has 0 unspecified atom stereocenters. The number of rotatable bonds is 4. The normalized spacial score (nSPS) is 11.9. The van der Waals surface area contributed by atoms with Crippen LogP contribution >= 0.6 is 0 Å². The van der Waals surface area contributed by atoms with Crippen LogP contribution in [-0.2, 0) is 4.79 Å². The van der Waals surface area contributed by atoms with E-state index in [0.29, 0.717) is 5.69 Å². The number of hydrogen-bond donors (Lipinski definition) is 1. The van der Waals surface area contributed by atoms with Gasteiger partial charge in [-0.25, -0.2) is 4.39 Å². The fourth-order valence-corrected chi connectivity index (χ4v) is 1.20. The summed E-state index contributed by atoms with van der Waals surface area (Å²) in [7, 11) is 1.69. The van der Waals surface area contributed by atoms with Crippen LogP contribution in [0.3, 0.4) is 0 Å². The fourth-order valence-electron chi connectivity index (χ4n) is 1.20. The summed E-state index contributed by atoms with van der Waals surface area (Å²) in [6, 6.07) is 7.24. The molecule has 0 spiro atoms. The summed E-state index contributed by atoms with van der Waals surface area (Å²) in [6.45, 7) is 1.83. The third-order valence-electron chi connectivity index (χ3n) is 2.37. The second kappa shape index (κ2) is 5.97. The fraction of sp³-hybridized carbons (Fsp3) is 0.333. The second-order valence-electron chi connectivity index (χ2n) is 3.78. The lowest BCUT2D eigenvalue weighted by Gasteiger charge is -2.18. The molecule has 1 aromatic carbocycles. The standard InChI is InChI=1S/C12H14FN3O/c1-9(7-14)16(2)8-12(17)15-11-5-3-10(13)4-6-11/h3-6,9H,8H2,1-2H3,(H,15,17)/t9-/m1/s1. The van der Waals surface area contributed by atoms with Crippen LogP contribution in [0.1, 0.15) is 6.92 Å². The van der Waals surface area contributed by atoms with Gasteiger partial charge < -0.3 is 5.32 Å². The Bertz CT molecular complexity index is 424. The van der Waals surface area contributed by atoms with E-state index in [1.54, 1.807) is 18.9 Å². The van der Waals surface area contributed by atoms with Gasteiger partial charge in [-0.3, -0.25) is 9.69 Å². The number of nitrogens with zero attached hydrogens (tertiary/aromatic N) is 2. The Kier molecular flexibility index (Phi) is 4.61. The number of nitriles is 1. The summed E-state index contributed by atoms with van der Waals surface area (Å²) < 4.78 is 12.6. The zero-order valence-electron chi connectivity index (χ0n) is 9.77. The maximum absolute atomic E-state index is 12.6. The first-order chi connectivity index (χ1) is 8.02. The highest BCUT2D eigenvalue weighted by Gasteiger charge is 2.12. The molecule has 0 heterocycles. The minimum Gasteiger partial charge on any atom is -0.325 e. The second-order valence-corrected chi connectivity index (χ2v) is 3.78. The van der Waals surface area contributed by atoms with E-state index in [1.807, 2.05) is 6.07 Å². The molecule has 4 nitrogen and oxygen atoms in total. The Morgan fingerprint density at radius 2 is 2.12 bits per heavy atom. The van der Waals surface area contributed by atoms with E-state index in [1.165, 1.54) is 24.3 Å². The molecule has 1 N–H and O–H groups in total. The first kappa shape index (κ1) is 13.1. The number of nitrogens with one attached hydrogen (secondary N) is 1. The van der Waals surface area contributed by atoms with Crippen molar-refractivity contribution in [3.63, 3.8) is 0 Å². The smallest absolute Gasteiger partial charge is 0.238 e. The molecule has 5 heteroatoms. The van der Waals surface area contributed by atoms with E-state index in [4.69, 9.17) is 5.26 Å². The molecule has 1 amide bonds. The minimum absolute atomic E-state index is 0.117. The van der Waals surface area contributed by atoms with E-state index in [0.717, 1.165) is 0 Å². The monoisotopic (exact) mass is 235 g/mol. The number of hydrogen-bond acceptors (Lipinski definition) is 3. The molecule has 0 saturated carbocycles. The minimum atomic E-state index is -0.349. The van der Waals surface area contributed by atoms with E-state index in [-0.39, 0.29) is 24.3 Å². The van der Waals surface area contributed by atoms with E-state index >= 15 is 0 Å². The molecule has 17 heavy (non-hydrogen) atoms. The van der Waals surface area contributed by atoms with Gasteiger partial charge in [0.05, 0.1) is 18.7 Å². The van der Waals surface area contributed by atoms with Crippen molar-refractivity contribution in [2.45, 2.75) is 13.0 Å². The molecule has 0 bridgehead atoms. The predicted octanol–water partition coefficient (Wildman–Crippen LogP) is 1.61. The van der Waals surface area contributed by atoms with E-state index in [9.17, 15) is 9.18 Å². The Morgan fingerprint density at radius 1 is 1.53 bits per heavy atom. The van der Waals surface area contributed by atoms with Gasteiger partial charge in [0.2, 0.25) is 5.91 Å². The molecule has 0 radical (unpaired) electrons. The lowest BCUT2D eigenvalue weighted by molar-refractivity contribution is -0.117. The Balaban J connectivity index is 2.50. The number of halogens is 1. The average molecular weight is 235 g/mol. The highest BCUT2D eigenvalue weighted by molar-refractivity contribution is 5.92. The summed E-state index contributed by atoms with van der Waals surface area (Å²) in [5.74, 6) is -0.584. The summed E-state index contributed by atoms with van der Waals surface area (Å²) in [5, 5.41) is 11.3. The number of carbonyl (C=O) groups excluding carboxylic acids is 1. The number of amides is 1. The maximum Gasteiger partial charge on any atom is 0.238 e. The zero-order valence-corrected chi connectivity index (χ0v) is 9.77. The summed E-state index contributed by atoms with van der Waals surface area (Å²) >= 11 is 0. The quantitative estimate of drug-likeness (QED) is 0.862. The third kappa shape index (κ3) is 4.21.